The van der Waals surface area contributed by atoms with E-state index in [1.54, 1.807) is 18.2 Å². The maximum Gasteiger partial charge on any atom is 0.255 e. The number of anilines is 2. The van der Waals surface area contributed by atoms with E-state index in [1.807, 2.05) is 39.0 Å². The van der Waals surface area contributed by atoms with Crippen molar-refractivity contribution in [3.8, 4) is 0 Å². The minimum Gasteiger partial charge on any atom is -0.322 e. The number of nitrogens with zero attached hydrogens (tertiary/aromatic N) is 1. The normalized spacial score (nSPS) is 16.3. The predicted octanol–water partition coefficient (Wildman–Crippen LogP) is 3.79. The van der Waals surface area contributed by atoms with Crippen molar-refractivity contribution in [1.82, 2.24) is 0 Å². The first kappa shape index (κ1) is 18.5. The summed E-state index contributed by atoms with van der Waals surface area (Å²) in [5, 5.41) is 2.94. The molecule has 0 atom stereocenters. The zero-order valence-corrected chi connectivity index (χ0v) is 16.2. The molecule has 138 valence electrons. The van der Waals surface area contributed by atoms with E-state index >= 15 is 0 Å². The Labute approximate surface area is 155 Å². The fourth-order valence-electron chi connectivity index (χ4n) is 3.22. The lowest BCUT2D eigenvalue weighted by atomic mass is 10.1. The van der Waals surface area contributed by atoms with E-state index in [0.717, 1.165) is 28.8 Å². The number of benzene rings is 2. The van der Waals surface area contributed by atoms with E-state index in [-0.39, 0.29) is 11.7 Å². The average Bonchev–Trinajstić information content (AvgIpc) is 2.59. The summed E-state index contributed by atoms with van der Waals surface area (Å²) in [7, 11) is -3.26. The third kappa shape index (κ3) is 3.60. The minimum absolute atomic E-state index is 0.182. The largest absolute Gasteiger partial charge is 0.322 e. The summed E-state index contributed by atoms with van der Waals surface area (Å²) < 4.78 is 26.1. The molecule has 0 spiro atoms. The van der Waals surface area contributed by atoms with Crippen molar-refractivity contribution in [3.63, 3.8) is 0 Å². The summed E-state index contributed by atoms with van der Waals surface area (Å²) in [6.45, 7) is 6.31. The molecule has 3 rings (SSSR count). The molecule has 0 saturated carbocycles. The van der Waals surface area contributed by atoms with Gasteiger partial charge in [0, 0.05) is 17.8 Å². The smallest absolute Gasteiger partial charge is 0.255 e. The summed E-state index contributed by atoms with van der Waals surface area (Å²) in [6, 6.07) is 11.0. The molecule has 0 aromatic heterocycles. The number of rotatable bonds is 3. The highest BCUT2D eigenvalue weighted by Crippen LogP contribution is 2.28. The van der Waals surface area contributed by atoms with Crippen LogP contribution in [-0.4, -0.2) is 26.6 Å². The third-order valence-electron chi connectivity index (χ3n) is 4.93. The Bertz CT molecular complexity index is 952. The van der Waals surface area contributed by atoms with Crippen LogP contribution in [0.2, 0.25) is 0 Å². The van der Waals surface area contributed by atoms with E-state index in [0.29, 0.717) is 24.2 Å². The van der Waals surface area contributed by atoms with Crippen molar-refractivity contribution in [3.05, 3.63) is 58.7 Å². The molecule has 5 nitrogen and oxygen atoms in total. The SMILES string of the molecule is Cc1cc(C(=O)Nc2cccc(C)c2C)ccc1N1CCCCS1(=O)=O. The average molecular weight is 372 g/mol. The first-order chi connectivity index (χ1) is 12.3. The maximum atomic E-state index is 12.6. The lowest BCUT2D eigenvalue weighted by Crippen LogP contribution is -2.38. The molecule has 1 amide bonds. The summed E-state index contributed by atoms with van der Waals surface area (Å²) in [5.41, 5.74) is 4.90. The van der Waals surface area contributed by atoms with Crippen LogP contribution in [0.25, 0.3) is 0 Å². The molecule has 1 N–H and O–H groups in total. The van der Waals surface area contributed by atoms with Crippen LogP contribution in [0.15, 0.2) is 36.4 Å². The molecule has 2 aromatic carbocycles. The molecule has 1 saturated heterocycles. The van der Waals surface area contributed by atoms with E-state index in [4.69, 9.17) is 0 Å². The van der Waals surface area contributed by atoms with Crippen LogP contribution in [0.1, 0.15) is 39.9 Å². The predicted molar refractivity (Wildman–Crippen MR) is 105 cm³/mol. The van der Waals surface area contributed by atoms with Gasteiger partial charge in [-0.05, 0) is 74.6 Å². The molecule has 2 aromatic rings. The molecule has 0 unspecified atom stereocenters. The van der Waals surface area contributed by atoms with Gasteiger partial charge in [0.05, 0.1) is 11.4 Å². The lowest BCUT2D eigenvalue weighted by Gasteiger charge is -2.29. The van der Waals surface area contributed by atoms with Crippen LogP contribution in [-0.2, 0) is 10.0 Å². The Kier molecular flexibility index (Phi) is 5.05. The highest BCUT2D eigenvalue weighted by molar-refractivity contribution is 7.92. The first-order valence-corrected chi connectivity index (χ1v) is 10.4. The number of nitrogens with one attached hydrogen (secondary N) is 1. The van der Waals surface area contributed by atoms with Crippen LogP contribution >= 0.6 is 0 Å². The van der Waals surface area contributed by atoms with Crippen LogP contribution in [0.4, 0.5) is 11.4 Å². The number of aryl methyl sites for hydroxylation is 2. The molecular formula is C20H24N2O3S. The van der Waals surface area contributed by atoms with Crippen LogP contribution in [0, 0.1) is 20.8 Å². The Morgan fingerprint density at radius 3 is 2.50 bits per heavy atom. The second kappa shape index (κ2) is 7.11. The fourth-order valence-corrected chi connectivity index (χ4v) is 4.92. The second-order valence-electron chi connectivity index (χ2n) is 6.80. The van der Waals surface area contributed by atoms with Crippen molar-refractivity contribution < 1.29 is 13.2 Å². The number of amides is 1. The summed E-state index contributed by atoms with van der Waals surface area (Å²) in [6.07, 6.45) is 1.56. The maximum absolute atomic E-state index is 12.6. The van der Waals surface area contributed by atoms with Crippen LogP contribution < -0.4 is 9.62 Å². The molecule has 1 fully saturated rings. The van der Waals surface area contributed by atoms with Crippen molar-refractivity contribution in [2.24, 2.45) is 0 Å². The van der Waals surface area contributed by atoms with E-state index in [9.17, 15) is 13.2 Å². The third-order valence-corrected chi connectivity index (χ3v) is 6.79. The van der Waals surface area contributed by atoms with Crippen molar-refractivity contribution >= 4 is 27.3 Å². The topological polar surface area (TPSA) is 66.5 Å². The van der Waals surface area contributed by atoms with Gasteiger partial charge in [-0.25, -0.2) is 8.42 Å². The van der Waals surface area contributed by atoms with Crippen molar-refractivity contribution in [1.29, 1.82) is 0 Å². The Morgan fingerprint density at radius 2 is 1.81 bits per heavy atom. The summed E-state index contributed by atoms with van der Waals surface area (Å²) in [5.74, 6) is -0.0174. The molecular weight excluding hydrogens is 348 g/mol. The zero-order valence-electron chi connectivity index (χ0n) is 15.4. The Balaban J connectivity index is 1.85. The molecule has 1 aliphatic rings. The molecule has 6 heteroatoms. The molecule has 1 heterocycles. The van der Waals surface area contributed by atoms with Crippen molar-refractivity contribution in [2.75, 3.05) is 21.9 Å². The number of hydrogen-bond donors (Lipinski definition) is 1. The standard InChI is InChI=1S/C20H24N2O3S/c1-14-7-6-8-18(16(14)3)21-20(23)17-9-10-19(15(2)13-17)22-11-4-5-12-26(22,24)25/h6-10,13H,4-5,11-12H2,1-3H3,(H,21,23). The van der Waals surface area contributed by atoms with Gasteiger partial charge in [0.25, 0.3) is 5.91 Å². The van der Waals surface area contributed by atoms with E-state index < -0.39 is 10.0 Å². The Morgan fingerprint density at radius 1 is 1.04 bits per heavy atom. The molecule has 0 aliphatic carbocycles. The second-order valence-corrected chi connectivity index (χ2v) is 8.81. The number of carbonyl (C=O) groups excluding carboxylic acids is 1. The molecule has 26 heavy (non-hydrogen) atoms. The highest BCUT2D eigenvalue weighted by Gasteiger charge is 2.27. The van der Waals surface area contributed by atoms with E-state index in [2.05, 4.69) is 5.32 Å². The monoisotopic (exact) mass is 372 g/mol. The minimum atomic E-state index is -3.26. The molecule has 0 radical (unpaired) electrons. The van der Waals surface area contributed by atoms with Crippen molar-refractivity contribution in [2.45, 2.75) is 33.6 Å². The summed E-state index contributed by atoms with van der Waals surface area (Å²) in [4.78, 5) is 12.6. The van der Waals surface area contributed by atoms with Gasteiger partial charge >= 0.3 is 0 Å². The van der Waals surface area contributed by atoms with Gasteiger partial charge < -0.3 is 5.32 Å². The van der Waals surface area contributed by atoms with Gasteiger partial charge in [0.2, 0.25) is 10.0 Å². The van der Waals surface area contributed by atoms with Crippen LogP contribution in [0.3, 0.4) is 0 Å². The first-order valence-electron chi connectivity index (χ1n) is 8.78. The highest BCUT2D eigenvalue weighted by atomic mass is 32.2. The number of carbonyl (C=O) groups is 1. The van der Waals surface area contributed by atoms with E-state index in [1.165, 1.54) is 4.31 Å². The van der Waals surface area contributed by atoms with Gasteiger partial charge in [-0.2, -0.15) is 0 Å². The van der Waals surface area contributed by atoms with Gasteiger partial charge in [0.1, 0.15) is 0 Å². The zero-order chi connectivity index (χ0) is 18.9. The van der Waals surface area contributed by atoms with Gasteiger partial charge in [0.15, 0.2) is 0 Å². The Hall–Kier alpha value is -2.34. The van der Waals surface area contributed by atoms with Gasteiger partial charge in [-0.3, -0.25) is 9.10 Å². The molecule has 1 aliphatic heterocycles. The van der Waals surface area contributed by atoms with Gasteiger partial charge in [-0.15, -0.1) is 0 Å². The van der Waals surface area contributed by atoms with Crippen LogP contribution in [0.5, 0.6) is 0 Å². The van der Waals surface area contributed by atoms with Gasteiger partial charge in [-0.1, -0.05) is 12.1 Å². The fraction of sp³-hybridized carbons (Fsp3) is 0.350. The summed E-state index contributed by atoms with van der Waals surface area (Å²) >= 11 is 0. The number of hydrogen-bond acceptors (Lipinski definition) is 3. The number of sulfonamides is 1. The molecule has 0 bridgehead atoms. The quantitative estimate of drug-likeness (QED) is 0.891. The lowest BCUT2D eigenvalue weighted by molar-refractivity contribution is 0.102.